The first-order valence-corrected chi connectivity index (χ1v) is 8.83. The van der Waals surface area contributed by atoms with Crippen molar-refractivity contribution in [3.8, 4) is 5.75 Å². The number of rotatable bonds is 8. The second kappa shape index (κ2) is 9.04. The molecule has 5 heteroatoms. The molecule has 1 aliphatic carbocycles. The summed E-state index contributed by atoms with van der Waals surface area (Å²) in [4.78, 5) is 12.1. The minimum atomic E-state index is -0.381. The minimum Gasteiger partial charge on any atom is -0.497 e. The first-order valence-electron chi connectivity index (χ1n) is 8.83. The average Bonchev–Trinajstić information content (AvgIpc) is 2.65. The highest BCUT2D eigenvalue weighted by molar-refractivity contribution is 5.78. The zero-order chi connectivity index (χ0) is 17.4. The predicted molar refractivity (Wildman–Crippen MR) is 94.9 cm³/mol. The summed E-state index contributed by atoms with van der Waals surface area (Å²) in [6, 6.07) is 7.65. The Hall–Kier alpha value is -1.59. The Morgan fingerprint density at radius 3 is 2.75 bits per heavy atom. The number of hydrogen-bond donors (Lipinski definition) is 3. The second-order valence-corrected chi connectivity index (χ2v) is 6.89. The Kier molecular flexibility index (Phi) is 7.06. The van der Waals surface area contributed by atoms with E-state index in [1.54, 1.807) is 7.11 Å². The fourth-order valence-electron chi connectivity index (χ4n) is 3.40. The van der Waals surface area contributed by atoms with E-state index in [-0.39, 0.29) is 24.6 Å². The van der Waals surface area contributed by atoms with E-state index in [4.69, 9.17) is 4.74 Å². The summed E-state index contributed by atoms with van der Waals surface area (Å²) < 4.78 is 5.18. The molecule has 0 heterocycles. The van der Waals surface area contributed by atoms with Crippen molar-refractivity contribution in [2.75, 3.05) is 20.3 Å². The van der Waals surface area contributed by atoms with Crippen LogP contribution in [0, 0.1) is 5.92 Å². The van der Waals surface area contributed by atoms with Crippen molar-refractivity contribution >= 4 is 5.91 Å². The molecule has 0 bridgehead atoms. The summed E-state index contributed by atoms with van der Waals surface area (Å²) in [7, 11) is 1.63. The van der Waals surface area contributed by atoms with Crippen LogP contribution >= 0.6 is 0 Å². The summed E-state index contributed by atoms with van der Waals surface area (Å²) in [5, 5.41) is 16.0. The number of carbonyl (C=O) groups excluding carboxylic acids is 1. The summed E-state index contributed by atoms with van der Waals surface area (Å²) in [5.74, 6) is 1.15. The van der Waals surface area contributed by atoms with E-state index in [9.17, 15) is 9.90 Å². The molecule has 1 atom stereocenters. The summed E-state index contributed by atoms with van der Waals surface area (Å²) >= 11 is 0. The maximum Gasteiger partial charge on any atom is 0.234 e. The van der Waals surface area contributed by atoms with Gasteiger partial charge in [-0.1, -0.05) is 31.4 Å². The van der Waals surface area contributed by atoms with E-state index < -0.39 is 0 Å². The fraction of sp³-hybridized carbons (Fsp3) is 0.632. The van der Waals surface area contributed by atoms with Crippen LogP contribution in [0.3, 0.4) is 0 Å². The molecule has 1 fully saturated rings. The third-order valence-electron chi connectivity index (χ3n) is 5.11. The standard InChI is InChI=1S/C19H30N2O3/c1-19(14-22,16-8-4-3-5-9-16)21-13-18(23)20-12-15-7-6-10-17(11-15)24-2/h6-7,10-11,16,21-22H,3-5,8-9,12-14H2,1-2H3,(H,20,23)/t19-/m1/s1. The van der Waals surface area contributed by atoms with Gasteiger partial charge in [0.2, 0.25) is 5.91 Å². The smallest absolute Gasteiger partial charge is 0.234 e. The van der Waals surface area contributed by atoms with Gasteiger partial charge in [0.15, 0.2) is 0 Å². The number of methoxy groups -OCH3 is 1. The van der Waals surface area contributed by atoms with Gasteiger partial charge in [-0.3, -0.25) is 4.79 Å². The van der Waals surface area contributed by atoms with E-state index in [0.29, 0.717) is 12.5 Å². The molecule has 1 amide bonds. The highest BCUT2D eigenvalue weighted by atomic mass is 16.5. The van der Waals surface area contributed by atoms with Crippen molar-refractivity contribution < 1.29 is 14.6 Å². The Bertz CT molecular complexity index is 529. The SMILES string of the molecule is COc1cccc(CNC(=O)CN[C@](C)(CO)C2CCCCC2)c1. The summed E-state index contributed by atoms with van der Waals surface area (Å²) in [5.41, 5.74) is 0.619. The number of benzene rings is 1. The first-order chi connectivity index (χ1) is 11.6. The van der Waals surface area contributed by atoms with Gasteiger partial charge in [0, 0.05) is 12.1 Å². The van der Waals surface area contributed by atoms with Gasteiger partial charge in [-0.15, -0.1) is 0 Å². The van der Waals surface area contributed by atoms with Crippen LogP contribution in [-0.4, -0.2) is 36.8 Å². The number of aliphatic hydroxyl groups is 1. The number of carbonyl (C=O) groups is 1. The molecule has 134 valence electrons. The largest absolute Gasteiger partial charge is 0.497 e. The Balaban J connectivity index is 1.80. The van der Waals surface area contributed by atoms with Gasteiger partial charge >= 0.3 is 0 Å². The molecule has 1 aromatic carbocycles. The van der Waals surface area contributed by atoms with Crippen LogP contribution in [0.2, 0.25) is 0 Å². The molecule has 0 saturated heterocycles. The van der Waals surface area contributed by atoms with Crippen molar-refractivity contribution in [2.45, 2.75) is 51.1 Å². The van der Waals surface area contributed by atoms with Gasteiger partial charge in [0.25, 0.3) is 0 Å². The molecular weight excluding hydrogens is 304 g/mol. The molecule has 0 aliphatic heterocycles. The van der Waals surface area contributed by atoms with Crippen LogP contribution < -0.4 is 15.4 Å². The Labute approximate surface area is 144 Å². The lowest BCUT2D eigenvalue weighted by Gasteiger charge is -2.39. The molecule has 0 spiro atoms. The summed E-state index contributed by atoms with van der Waals surface area (Å²) in [6.45, 7) is 2.77. The molecule has 24 heavy (non-hydrogen) atoms. The van der Waals surface area contributed by atoms with E-state index in [2.05, 4.69) is 10.6 Å². The topological polar surface area (TPSA) is 70.6 Å². The highest BCUT2D eigenvalue weighted by Crippen LogP contribution is 2.32. The average molecular weight is 334 g/mol. The lowest BCUT2D eigenvalue weighted by atomic mass is 9.76. The molecule has 3 N–H and O–H groups in total. The molecule has 1 aromatic rings. The third kappa shape index (κ3) is 5.21. The van der Waals surface area contributed by atoms with Gasteiger partial charge < -0.3 is 20.5 Å². The van der Waals surface area contributed by atoms with Crippen LogP contribution in [-0.2, 0) is 11.3 Å². The quantitative estimate of drug-likeness (QED) is 0.682. The molecule has 2 rings (SSSR count). The van der Waals surface area contributed by atoms with Crippen molar-refractivity contribution in [3.05, 3.63) is 29.8 Å². The normalized spacial score (nSPS) is 18.0. The third-order valence-corrected chi connectivity index (χ3v) is 5.11. The summed E-state index contributed by atoms with van der Waals surface area (Å²) in [6.07, 6.45) is 5.94. The van der Waals surface area contributed by atoms with E-state index >= 15 is 0 Å². The van der Waals surface area contributed by atoms with E-state index in [1.807, 2.05) is 31.2 Å². The van der Waals surface area contributed by atoms with Crippen molar-refractivity contribution in [1.82, 2.24) is 10.6 Å². The molecule has 1 aliphatic rings. The molecular formula is C19H30N2O3. The van der Waals surface area contributed by atoms with Crippen LogP contribution in [0.25, 0.3) is 0 Å². The van der Waals surface area contributed by atoms with Crippen molar-refractivity contribution in [3.63, 3.8) is 0 Å². The van der Waals surface area contributed by atoms with E-state index in [0.717, 1.165) is 24.2 Å². The number of aliphatic hydroxyl groups excluding tert-OH is 1. The number of nitrogens with one attached hydrogen (secondary N) is 2. The van der Waals surface area contributed by atoms with Crippen molar-refractivity contribution in [2.24, 2.45) is 5.92 Å². The molecule has 0 unspecified atom stereocenters. The monoisotopic (exact) mass is 334 g/mol. The lowest BCUT2D eigenvalue weighted by molar-refractivity contribution is -0.121. The van der Waals surface area contributed by atoms with E-state index in [1.165, 1.54) is 19.3 Å². The van der Waals surface area contributed by atoms with Crippen LogP contribution in [0.5, 0.6) is 5.75 Å². The number of hydrogen-bond acceptors (Lipinski definition) is 4. The molecule has 0 radical (unpaired) electrons. The zero-order valence-corrected chi connectivity index (χ0v) is 14.8. The maximum absolute atomic E-state index is 12.1. The van der Waals surface area contributed by atoms with Gasteiger partial charge in [0.05, 0.1) is 20.3 Å². The van der Waals surface area contributed by atoms with Gasteiger partial charge in [-0.25, -0.2) is 0 Å². The Morgan fingerprint density at radius 2 is 2.08 bits per heavy atom. The van der Waals surface area contributed by atoms with Gasteiger partial charge in [-0.05, 0) is 43.4 Å². The second-order valence-electron chi connectivity index (χ2n) is 6.89. The number of ether oxygens (including phenoxy) is 1. The first kappa shape index (κ1) is 18.7. The number of amides is 1. The molecule has 5 nitrogen and oxygen atoms in total. The van der Waals surface area contributed by atoms with Crippen LogP contribution in [0.15, 0.2) is 24.3 Å². The Morgan fingerprint density at radius 1 is 1.33 bits per heavy atom. The highest BCUT2D eigenvalue weighted by Gasteiger charge is 2.34. The van der Waals surface area contributed by atoms with Crippen LogP contribution in [0.1, 0.15) is 44.6 Å². The van der Waals surface area contributed by atoms with Crippen LogP contribution in [0.4, 0.5) is 0 Å². The molecule has 0 aromatic heterocycles. The minimum absolute atomic E-state index is 0.0564. The van der Waals surface area contributed by atoms with Gasteiger partial charge in [0.1, 0.15) is 5.75 Å². The van der Waals surface area contributed by atoms with Gasteiger partial charge in [-0.2, -0.15) is 0 Å². The lowest BCUT2D eigenvalue weighted by Crippen LogP contribution is -2.55. The maximum atomic E-state index is 12.1. The molecule has 1 saturated carbocycles. The van der Waals surface area contributed by atoms with Crippen molar-refractivity contribution in [1.29, 1.82) is 0 Å². The zero-order valence-electron chi connectivity index (χ0n) is 14.8. The fourth-order valence-corrected chi connectivity index (χ4v) is 3.40. The predicted octanol–water partition coefficient (Wildman–Crippen LogP) is 2.23.